The number of thiazole rings is 1. The molecule has 0 spiro atoms. The fraction of sp³-hybridized carbons (Fsp3) is 0.385. The number of fused-ring (bicyclic) bond motifs is 4. The van der Waals surface area contributed by atoms with E-state index in [1.54, 1.807) is 24.6 Å². The molecule has 0 saturated carbocycles. The number of carbonyl (C=O) groups is 1. The van der Waals surface area contributed by atoms with Crippen LogP contribution >= 0.6 is 11.3 Å². The SMILES string of the molecule is COc1cnc2c(-c3nc4ccc5c(c4s3)CC(CNC(=O)OC3CCOCC3)O5)cc(C)cc2n1. The van der Waals surface area contributed by atoms with Crippen LogP contribution in [0.3, 0.4) is 0 Å². The molecule has 0 radical (unpaired) electrons. The van der Waals surface area contributed by atoms with E-state index in [2.05, 4.69) is 21.4 Å². The molecule has 1 saturated heterocycles. The molecule has 0 bridgehead atoms. The molecule has 9 nitrogen and oxygen atoms in total. The van der Waals surface area contributed by atoms with E-state index in [4.69, 9.17) is 23.9 Å². The molecule has 36 heavy (non-hydrogen) atoms. The highest BCUT2D eigenvalue weighted by Gasteiger charge is 2.28. The summed E-state index contributed by atoms with van der Waals surface area (Å²) in [5.41, 5.74) is 5.62. The minimum Gasteiger partial charge on any atom is -0.488 e. The monoisotopic (exact) mass is 506 g/mol. The smallest absolute Gasteiger partial charge is 0.407 e. The highest BCUT2D eigenvalue weighted by atomic mass is 32.1. The Morgan fingerprint density at radius 3 is 2.89 bits per heavy atom. The fourth-order valence-electron chi connectivity index (χ4n) is 4.70. The molecular weight excluding hydrogens is 480 g/mol. The third kappa shape index (κ3) is 4.42. The van der Waals surface area contributed by atoms with Gasteiger partial charge >= 0.3 is 6.09 Å². The van der Waals surface area contributed by atoms with Crippen LogP contribution in [0.5, 0.6) is 11.6 Å². The summed E-state index contributed by atoms with van der Waals surface area (Å²) in [5, 5.41) is 3.74. The van der Waals surface area contributed by atoms with Gasteiger partial charge < -0.3 is 24.3 Å². The second kappa shape index (κ2) is 9.51. The Kier molecular flexibility index (Phi) is 6.06. The van der Waals surface area contributed by atoms with Gasteiger partial charge in [-0.15, -0.1) is 11.3 Å². The summed E-state index contributed by atoms with van der Waals surface area (Å²) in [4.78, 5) is 26.3. The zero-order chi connectivity index (χ0) is 24.6. The van der Waals surface area contributed by atoms with Crippen molar-refractivity contribution < 1.29 is 23.7 Å². The van der Waals surface area contributed by atoms with Gasteiger partial charge in [-0.05, 0) is 36.8 Å². The van der Waals surface area contributed by atoms with Crippen molar-refractivity contribution in [2.24, 2.45) is 0 Å². The first-order valence-electron chi connectivity index (χ1n) is 12.0. The van der Waals surface area contributed by atoms with Crippen LogP contribution < -0.4 is 14.8 Å². The maximum atomic E-state index is 12.2. The first-order valence-corrected chi connectivity index (χ1v) is 12.8. The molecule has 6 rings (SSSR count). The lowest BCUT2D eigenvalue weighted by Gasteiger charge is -2.22. The van der Waals surface area contributed by atoms with Crippen molar-refractivity contribution in [3.63, 3.8) is 0 Å². The van der Waals surface area contributed by atoms with Crippen molar-refractivity contribution in [1.82, 2.24) is 20.3 Å². The van der Waals surface area contributed by atoms with Crippen LogP contribution in [0, 0.1) is 6.92 Å². The largest absolute Gasteiger partial charge is 0.488 e. The number of nitrogens with zero attached hydrogens (tertiary/aromatic N) is 3. The van der Waals surface area contributed by atoms with E-state index in [1.807, 2.05) is 25.1 Å². The number of alkyl carbamates (subject to hydrolysis) is 1. The molecule has 4 heterocycles. The van der Waals surface area contributed by atoms with E-state index in [-0.39, 0.29) is 12.2 Å². The normalized spacial score (nSPS) is 17.7. The lowest BCUT2D eigenvalue weighted by atomic mass is 10.1. The van der Waals surface area contributed by atoms with Gasteiger partial charge in [-0.2, -0.15) is 0 Å². The highest BCUT2D eigenvalue weighted by Crippen LogP contribution is 2.41. The number of nitrogens with one attached hydrogen (secondary N) is 1. The van der Waals surface area contributed by atoms with Crippen LogP contribution in [0.4, 0.5) is 4.79 Å². The maximum Gasteiger partial charge on any atom is 0.407 e. The summed E-state index contributed by atoms with van der Waals surface area (Å²) in [6.07, 6.45) is 3.15. The number of amides is 1. The third-order valence-corrected chi connectivity index (χ3v) is 7.63. The van der Waals surface area contributed by atoms with Gasteiger partial charge in [-0.25, -0.2) is 19.7 Å². The molecule has 1 amide bonds. The molecule has 1 fully saturated rings. The van der Waals surface area contributed by atoms with E-state index in [9.17, 15) is 4.79 Å². The summed E-state index contributed by atoms with van der Waals surface area (Å²) >= 11 is 1.62. The molecular formula is C26H26N4O5S. The molecule has 2 aromatic carbocycles. The fourth-order valence-corrected chi connectivity index (χ4v) is 5.83. The summed E-state index contributed by atoms with van der Waals surface area (Å²) in [6, 6.07) is 8.03. The van der Waals surface area contributed by atoms with Crippen LogP contribution in [-0.2, 0) is 15.9 Å². The zero-order valence-corrected chi connectivity index (χ0v) is 20.9. The summed E-state index contributed by atoms with van der Waals surface area (Å²) in [7, 11) is 1.58. The van der Waals surface area contributed by atoms with Gasteiger partial charge in [0.15, 0.2) is 0 Å². The number of hydrogen-bond donors (Lipinski definition) is 1. The summed E-state index contributed by atoms with van der Waals surface area (Å²) in [5.74, 6) is 1.32. The Balaban J connectivity index is 1.22. The standard InChI is InChI=1S/C26H26N4O5S/c1-14-9-18(23-20(10-14)29-22(32-2)13-27-23)25-30-19-3-4-21-17(24(19)36-25)11-16(34-21)12-28-26(31)35-15-5-7-33-8-6-15/h3-4,9-10,13,15-16H,5-8,11-12H2,1-2H3,(H,28,31). The number of ether oxygens (including phenoxy) is 4. The van der Waals surface area contributed by atoms with E-state index in [0.29, 0.717) is 32.1 Å². The predicted octanol–water partition coefficient (Wildman–Crippen LogP) is 4.43. The van der Waals surface area contributed by atoms with Gasteiger partial charge in [0.25, 0.3) is 0 Å². The molecule has 1 atom stereocenters. The highest BCUT2D eigenvalue weighted by molar-refractivity contribution is 7.22. The number of methoxy groups -OCH3 is 1. The molecule has 10 heteroatoms. The van der Waals surface area contributed by atoms with Gasteiger partial charge in [0.1, 0.15) is 23.0 Å². The number of benzene rings is 2. The second-order valence-electron chi connectivity index (χ2n) is 9.04. The van der Waals surface area contributed by atoms with E-state index < -0.39 is 6.09 Å². The number of aryl methyl sites for hydroxylation is 1. The average Bonchev–Trinajstić information content (AvgIpc) is 3.51. The third-order valence-electron chi connectivity index (χ3n) is 6.47. The van der Waals surface area contributed by atoms with Gasteiger partial charge in [0, 0.05) is 30.4 Å². The summed E-state index contributed by atoms with van der Waals surface area (Å²) in [6.45, 7) is 3.67. The molecule has 2 aliphatic heterocycles. The van der Waals surface area contributed by atoms with Crippen molar-refractivity contribution in [3.8, 4) is 22.2 Å². The Labute approximate surface area is 211 Å². The molecule has 2 aromatic heterocycles. The van der Waals surface area contributed by atoms with E-state index in [0.717, 1.165) is 61.5 Å². The molecule has 4 aromatic rings. The van der Waals surface area contributed by atoms with Crippen LogP contribution in [-0.4, -0.2) is 60.1 Å². The van der Waals surface area contributed by atoms with Crippen molar-refractivity contribution >= 4 is 38.7 Å². The topological polar surface area (TPSA) is 105 Å². The molecule has 1 unspecified atom stereocenters. The molecule has 186 valence electrons. The van der Waals surface area contributed by atoms with Crippen LogP contribution in [0.15, 0.2) is 30.5 Å². The Morgan fingerprint density at radius 2 is 2.06 bits per heavy atom. The molecule has 2 aliphatic rings. The predicted molar refractivity (Wildman–Crippen MR) is 136 cm³/mol. The minimum atomic E-state index is -0.407. The maximum absolute atomic E-state index is 12.2. The number of hydrogen-bond acceptors (Lipinski definition) is 9. The van der Waals surface area contributed by atoms with E-state index >= 15 is 0 Å². The first-order chi connectivity index (χ1) is 17.6. The average molecular weight is 507 g/mol. The van der Waals surface area contributed by atoms with Gasteiger partial charge in [0.05, 0.1) is 54.3 Å². The Bertz CT molecular complexity index is 1450. The van der Waals surface area contributed by atoms with Crippen LogP contribution in [0.1, 0.15) is 24.0 Å². The van der Waals surface area contributed by atoms with E-state index in [1.165, 1.54) is 0 Å². The Morgan fingerprint density at radius 1 is 1.19 bits per heavy atom. The van der Waals surface area contributed by atoms with Crippen molar-refractivity contribution in [2.75, 3.05) is 26.9 Å². The Hall–Kier alpha value is -3.50. The van der Waals surface area contributed by atoms with Crippen molar-refractivity contribution in [1.29, 1.82) is 0 Å². The second-order valence-corrected chi connectivity index (χ2v) is 10.0. The lowest BCUT2D eigenvalue weighted by molar-refractivity contribution is 0.00105. The van der Waals surface area contributed by atoms with Crippen LogP contribution in [0.2, 0.25) is 0 Å². The number of carbonyl (C=O) groups excluding carboxylic acids is 1. The minimum absolute atomic E-state index is 0.0841. The number of aromatic nitrogens is 3. The van der Waals surface area contributed by atoms with Crippen molar-refractivity contribution in [3.05, 3.63) is 41.6 Å². The first kappa shape index (κ1) is 22.9. The van der Waals surface area contributed by atoms with Gasteiger partial charge in [0.2, 0.25) is 5.88 Å². The quantitative estimate of drug-likeness (QED) is 0.424. The molecule has 1 N–H and O–H groups in total. The van der Waals surface area contributed by atoms with Gasteiger partial charge in [-0.1, -0.05) is 0 Å². The van der Waals surface area contributed by atoms with Crippen LogP contribution in [0.25, 0.3) is 31.8 Å². The zero-order valence-electron chi connectivity index (χ0n) is 20.1. The molecule has 0 aliphatic carbocycles. The van der Waals surface area contributed by atoms with Crippen molar-refractivity contribution in [2.45, 2.75) is 38.4 Å². The summed E-state index contributed by atoms with van der Waals surface area (Å²) < 4.78 is 23.3. The number of rotatable bonds is 5. The van der Waals surface area contributed by atoms with Gasteiger partial charge in [-0.3, -0.25) is 0 Å². The lowest BCUT2D eigenvalue weighted by Crippen LogP contribution is -2.37.